The summed E-state index contributed by atoms with van der Waals surface area (Å²) in [6.45, 7) is 2.71. The SMILES string of the molecule is CSc1cccc(NCc2cscc2C)c1C(=O)O. The van der Waals surface area contributed by atoms with Crippen molar-refractivity contribution in [3.8, 4) is 0 Å². The first-order valence-corrected chi connectivity index (χ1v) is 7.96. The van der Waals surface area contributed by atoms with Crippen molar-refractivity contribution in [1.82, 2.24) is 0 Å². The fourth-order valence-corrected chi connectivity index (χ4v) is 3.30. The molecule has 2 aromatic rings. The molecule has 5 heteroatoms. The molecule has 0 aliphatic rings. The minimum absolute atomic E-state index is 0.350. The molecule has 0 fully saturated rings. The van der Waals surface area contributed by atoms with Gasteiger partial charge in [-0.05, 0) is 47.2 Å². The van der Waals surface area contributed by atoms with Crippen LogP contribution in [-0.2, 0) is 6.54 Å². The molecule has 100 valence electrons. The molecular formula is C14H15NO2S2. The van der Waals surface area contributed by atoms with E-state index in [0.717, 1.165) is 4.90 Å². The molecule has 1 heterocycles. The third kappa shape index (κ3) is 3.11. The summed E-state index contributed by atoms with van der Waals surface area (Å²) >= 11 is 3.10. The third-order valence-electron chi connectivity index (χ3n) is 2.89. The van der Waals surface area contributed by atoms with E-state index in [-0.39, 0.29) is 0 Å². The van der Waals surface area contributed by atoms with Gasteiger partial charge in [0.1, 0.15) is 0 Å². The molecule has 0 aliphatic heterocycles. The molecule has 1 aromatic carbocycles. The fraction of sp³-hybridized carbons (Fsp3) is 0.214. The average molecular weight is 293 g/mol. The number of benzene rings is 1. The van der Waals surface area contributed by atoms with Crippen LogP contribution >= 0.6 is 23.1 Å². The molecule has 0 unspecified atom stereocenters. The second-order valence-electron chi connectivity index (χ2n) is 4.12. The van der Waals surface area contributed by atoms with Gasteiger partial charge in [0.2, 0.25) is 0 Å². The highest BCUT2D eigenvalue weighted by molar-refractivity contribution is 7.98. The van der Waals surface area contributed by atoms with Crippen LogP contribution in [-0.4, -0.2) is 17.3 Å². The maximum Gasteiger partial charge on any atom is 0.338 e. The molecule has 0 saturated carbocycles. The number of thioether (sulfide) groups is 1. The Labute approximate surface area is 120 Å². The Kier molecular flexibility index (Phi) is 4.50. The maximum atomic E-state index is 11.4. The molecule has 2 rings (SSSR count). The molecule has 0 spiro atoms. The summed E-state index contributed by atoms with van der Waals surface area (Å²) in [6.07, 6.45) is 1.88. The van der Waals surface area contributed by atoms with E-state index in [0.29, 0.717) is 17.8 Å². The second-order valence-corrected chi connectivity index (χ2v) is 5.71. The zero-order valence-corrected chi connectivity index (χ0v) is 12.4. The minimum Gasteiger partial charge on any atom is -0.478 e. The quantitative estimate of drug-likeness (QED) is 0.815. The number of rotatable bonds is 5. The number of hydrogen-bond donors (Lipinski definition) is 2. The van der Waals surface area contributed by atoms with E-state index < -0.39 is 5.97 Å². The van der Waals surface area contributed by atoms with Crippen LogP contribution in [0.5, 0.6) is 0 Å². The van der Waals surface area contributed by atoms with Crippen molar-refractivity contribution in [3.05, 3.63) is 45.6 Å². The predicted octanol–water partition coefficient (Wildman–Crippen LogP) is 4.09. The van der Waals surface area contributed by atoms with Crippen LogP contribution in [0.2, 0.25) is 0 Å². The molecule has 2 N–H and O–H groups in total. The number of carboxylic acid groups (broad SMARTS) is 1. The monoisotopic (exact) mass is 293 g/mol. The summed E-state index contributed by atoms with van der Waals surface area (Å²) in [7, 11) is 0. The Balaban J connectivity index is 2.25. The number of thiophene rings is 1. The van der Waals surface area contributed by atoms with Gasteiger partial charge in [0.15, 0.2) is 0 Å². The summed E-state index contributed by atoms with van der Waals surface area (Å²) in [4.78, 5) is 12.2. The van der Waals surface area contributed by atoms with E-state index in [2.05, 4.69) is 23.0 Å². The highest BCUT2D eigenvalue weighted by Crippen LogP contribution is 2.28. The van der Waals surface area contributed by atoms with Crippen molar-refractivity contribution < 1.29 is 9.90 Å². The molecule has 0 bridgehead atoms. The van der Waals surface area contributed by atoms with Crippen molar-refractivity contribution >= 4 is 34.8 Å². The zero-order chi connectivity index (χ0) is 13.8. The second kappa shape index (κ2) is 6.12. The van der Waals surface area contributed by atoms with Crippen molar-refractivity contribution in [2.24, 2.45) is 0 Å². The first-order valence-electron chi connectivity index (χ1n) is 5.79. The highest BCUT2D eigenvalue weighted by Gasteiger charge is 2.14. The van der Waals surface area contributed by atoms with Crippen LogP contribution in [0.3, 0.4) is 0 Å². The molecule has 0 radical (unpaired) electrons. The normalized spacial score (nSPS) is 10.4. The molecule has 0 saturated heterocycles. The Morgan fingerprint density at radius 3 is 2.79 bits per heavy atom. The lowest BCUT2D eigenvalue weighted by Gasteiger charge is -2.12. The van der Waals surface area contributed by atoms with Crippen molar-refractivity contribution in [2.75, 3.05) is 11.6 Å². The van der Waals surface area contributed by atoms with Crippen LogP contribution in [0.1, 0.15) is 21.5 Å². The van der Waals surface area contributed by atoms with E-state index in [4.69, 9.17) is 0 Å². The molecule has 0 amide bonds. The number of carbonyl (C=O) groups is 1. The summed E-state index contributed by atoms with van der Waals surface area (Å²) in [6, 6.07) is 5.51. The largest absolute Gasteiger partial charge is 0.478 e. The van der Waals surface area contributed by atoms with Crippen LogP contribution in [0.4, 0.5) is 5.69 Å². The number of carboxylic acids is 1. The lowest BCUT2D eigenvalue weighted by atomic mass is 10.1. The van der Waals surface area contributed by atoms with Crippen molar-refractivity contribution in [3.63, 3.8) is 0 Å². The van der Waals surface area contributed by atoms with Crippen molar-refractivity contribution in [1.29, 1.82) is 0 Å². The first kappa shape index (κ1) is 14.0. The standard InChI is InChI=1S/C14H15NO2S2/c1-9-7-19-8-10(9)6-15-11-4-3-5-12(18-2)13(11)14(16)17/h3-5,7-8,15H,6H2,1-2H3,(H,16,17). The van der Waals surface area contributed by atoms with Gasteiger partial charge in [-0.1, -0.05) is 6.07 Å². The molecule has 19 heavy (non-hydrogen) atoms. The molecule has 1 aromatic heterocycles. The number of anilines is 1. The average Bonchev–Trinajstić information content (AvgIpc) is 2.81. The summed E-state index contributed by atoms with van der Waals surface area (Å²) in [5.74, 6) is -0.894. The number of hydrogen-bond acceptors (Lipinski definition) is 4. The lowest BCUT2D eigenvalue weighted by Crippen LogP contribution is -2.07. The predicted molar refractivity (Wildman–Crippen MR) is 81.6 cm³/mol. The number of nitrogens with one attached hydrogen (secondary N) is 1. The van der Waals surface area contributed by atoms with Gasteiger partial charge in [0.05, 0.1) is 11.3 Å². The third-order valence-corrected chi connectivity index (χ3v) is 4.58. The highest BCUT2D eigenvalue weighted by atomic mass is 32.2. The Morgan fingerprint density at radius 1 is 1.42 bits per heavy atom. The summed E-state index contributed by atoms with van der Waals surface area (Å²) in [5, 5.41) is 16.7. The molecule has 0 atom stereocenters. The number of aryl methyl sites for hydroxylation is 1. The fourth-order valence-electron chi connectivity index (χ4n) is 1.83. The van der Waals surface area contributed by atoms with Gasteiger partial charge in [0.25, 0.3) is 0 Å². The van der Waals surface area contributed by atoms with Crippen LogP contribution in [0, 0.1) is 6.92 Å². The number of aromatic carboxylic acids is 1. The molecule has 0 aliphatic carbocycles. The Bertz CT molecular complexity index is 593. The van der Waals surface area contributed by atoms with Gasteiger partial charge >= 0.3 is 5.97 Å². The van der Waals surface area contributed by atoms with E-state index in [9.17, 15) is 9.90 Å². The Hall–Kier alpha value is -1.46. The van der Waals surface area contributed by atoms with E-state index in [1.807, 2.05) is 24.5 Å². The topological polar surface area (TPSA) is 49.3 Å². The van der Waals surface area contributed by atoms with Gasteiger partial charge in [0, 0.05) is 11.4 Å². The summed E-state index contributed by atoms with van der Waals surface area (Å²) < 4.78 is 0. The minimum atomic E-state index is -0.894. The maximum absolute atomic E-state index is 11.4. The van der Waals surface area contributed by atoms with Crippen molar-refractivity contribution in [2.45, 2.75) is 18.4 Å². The molecular weight excluding hydrogens is 278 g/mol. The Morgan fingerprint density at radius 2 is 2.21 bits per heavy atom. The van der Waals surface area contributed by atoms with Crippen LogP contribution in [0.15, 0.2) is 33.9 Å². The first-order chi connectivity index (χ1) is 9.13. The van der Waals surface area contributed by atoms with Gasteiger partial charge in [-0.2, -0.15) is 11.3 Å². The van der Waals surface area contributed by atoms with E-state index in [1.165, 1.54) is 22.9 Å². The van der Waals surface area contributed by atoms with Gasteiger partial charge < -0.3 is 10.4 Å². The summed E-state index contributed by atoms with van der Waals surface area (Å²) in [5.41, 5.74) is 3.46. The zero-order valence-electron chi connectivity index (χ0n) is 10.8. The van der Waals surface area contributed by atoms with Crippen LogP contribution < -0.4 is 5.32 Å². The van der Waals surface area contributed by atoms with E-state index >= 15 is 0 Å². The van der Waals surface area contributed by atoms with Gasteiger partial charge in [-0.25, -0.2) is 4.79 Å². The molecule has 3 nitrogen and oxygen atoms in total. The van der Waals surface area contributed by atoms with E-state index in [1.54, 1.807) is 11.3 Å². The lowest BCUT2D eigenvalue weighted by molar-refractivity contribution is 0.0694. The van der Waals surface area contributed by atoms with Gasteiger partial charge in [-0.15, -0.1) is 11.8 Å². The van der Waals surface area contributed by atoms with Gasteiger partial charge in [-0.3, -0.25) is 0 Å². The smallest absolute Gasteiger partial charge is 0.338 e. The van der Waals surface area contributed by atoms with Crippen LogP contribution in [0.25, 0.3) is 0 Å².